The lowest BCUT2D eigenvalue weighted by molar-refractivity contribution is 0.0706. The van der Waals surface area contributed by atoms with Crippen molar-refractivity contribution in [1.29, 1.82) is 0 Å². The third kappa shape index (κ3) is 4.42. The van der Waals surface area contributed by atoms with Crippen molar-refractivity contribution < 1.29 is 22.7 Å². The smallest absolute Gasteiger partial charge is 0.253 e. The van der Waals surface area contributed by atoms with Crippen molar-refractivity contribution in [1.82, 2.24) is 4.90 Å². The van der Waals surface area contributed by atoms with Crippen LogP contribution in [0.1, 0.15) is 17.3 Å². The van der Waals surface area contributed by atoms with E-state index in [0.717, 1.165) is 0 Å². The molecule has 1 aromatic carbocycles. The molecule has 118 valence electrons. The summed E-state index contributed by atoms with van der Waals surface area (Å²) in [6, 6.07) is 4.15. The fourth-order valence-electron chi connectivity index (χ4n) is 1.82. The molecule has 21 heavy (non-hydrogen) atoms. The number of carbonyl (C=O) groups is 1. The number of carbonyl (C=O) groups excluding carboxylic acids is 1. The second kappa shape index (κ2) is 7.39. The van der Waals surface area contributed by atoms with Gasteiger partial charge in [0.05, 0.1) is 13.7 Å². The van der Waals surface area contributed by atoms with Crippen LogP contribution in [0.4, 0.5) is 0 Å². The minimum atomic E-state index is -3.97. The molecule has 0 aromatic heterocycles. The summed E-state index contributed by atoms with van der Waals surface area (Å²) in [4.78, 5) is 13.7. The average molecular weight is 316 g/mol. The Morgan fingerprint density at radius 2 is 2.00 bits per heavy atom. The quantitative estimate of drug-likeness (QED) is 0.787. The van der Waals surface area contributed by atoms with E-state index in [2.05, 4.69) is 0 Å². The van der Waals surface area contributed by atoms with E-state index in [9.17, 15) is 13.2 Å². The topological polar surface area (TPSA) is 98.9 Å². The fraction of sp³-hybridized carbons (Fsp3) is 0.462. The number of primary sulfonamides is 1. The number of rotatable bonds is 7. The lowest BCUT2D eigenvalue weighted by atomic mass is 10.2. The van der Waals surface area contributed by atoms with Gasteiger partial charge in [0.2, 0.25) is 10.0 Å². The third-order valence-corrected chi connectivity index (χ3v) is 3.88. The molecule has 0 bridgehead atoms. The van der Waals surface area contributed by atoms with Gasteiger partial charge in [-0.1, -0.05) is 0 Å². The van der Waals surface area contributed by atoms with Crippen LogP contribution < -0.4 is 9.88 Å². The summed E-state index contributed by atoms with van der Waals surface area (Å²) in [5, 5.41) is 5.14. The number of hydrogen-bond donors (Lipinski definition) is 1. The third-order valence-electron chi connectivity index (χ3n) is 2.95. The van der Waals surface area contributed by atoms with E-state index in [1.807, 2.05) is 6.92 Å². The number of nitrogens with zero attached hydrogens (tertiary/aromatic N) is 1. The first-order chi connectivity index (χ1) is 9.85. The lowest BCUT2D eigenvalue weighted by Gasteiger charge is -2.21. The van der Waals surface area contributed by atoms with Crippen molar-refractivity contribution in [2.75, 3.05) is 33.9 Å². The molecule has 1 amide bonds. The summed E-state index contributed by atoms with van der Waals surface area (Å²) in [5.41, 5.74) is 0.234. The van der Waals surface area contributed by atoms with E-state index in [1.54, 1.807) is 12.0 Å². The molecule has 0 aliphatic rings. The Labute approximate surface area is 124 Å². The van der Waals surface area contributed by atoms with Crippen molar-refractivity contribution in [2.45, 2.75) is 11.8 Å². The van der Waals surface area contributed by atoms with Gasteiger partial charge < -0.3 is 14.4 Å². The van der Waals surface area contributed by atoms with Gasteiger partial charge in [-0.05, 0) is 25.1 Å². The molecule has 0 atom stereocenters. The molecular formula is C13H20N2O5S. The van der Waals surface area contributed by atoms with Crippen LogP contribution in [0.2, 0.25) is 0 Å². The molecule has 0 spiro atoms. The average Bonchev–Trinajstić information content (AvgIpc) is 2.46. The van der Waals surface area contributed by atoms with Crippen LogP contribution in [0.25, 0.3) is 0 Å². The minimum absolute atomic E-state index is 0.106. The van der Waals surface area contributed by atoms with Crippen LogP contribution in [0.5, 0.6) is 5.75 Å². The fourth-order valence-corrected chi connectivity index (χ4v) is 2.54. The van der Waals surface area contributed by atoms with Crippen LogP contribution in [0.3, 0.4) is 0 Å². The normalized spacial score (nSPS) is 11.2. The summed E-state index contributed by atoms with van der Waals surface area (Å²) < 4.78 is 33.0. The van der Waals surface area contributed by atoms with E-state index < -0.39 is 10.0 Å². The number of nitrogens with two attached hydrogens (primary N) is 1. The van der Waals surface area contributed by atoms with Gasteiger partial charge >= 0.3 is 0 Å². The number of hydrogen-bond acceptors (Lipinski definition) is 5. The second-order valence-electron chi connectivity index (χ2n) is 4.29. The predicted molar refractivity (Wildman–Crippen MR) is 77.8 cm³/mol. The molecule has 0 fully saturated rings. The highest BCUT2D eigenvalue weighted by Crippen LogP contribution is 2.24. The molecule has 0 saturated carbocycles. The standard InChI is InChI=1S/C13H20N2O5S/c1-4-15(7-8-19-2)13(16)10-5-6-11(20-3)12(9-10)21(14,17)18/h5-6,9H,4,7-8H2,1-3H3,(H2,14,17,18). The van der Waals surface area contributed by atoms with Crippen molar-refractivity contribution in [3.8, 4) is 5.75 Å². The molecule has 8 heteroatoms. The molecule has 1 rings (SSSR count). The van der Waals surface area contributed by atoms with Gasteiger partial charge in [-0.2, -0.15) is 0 Å². The number of sulfonamides is 1. The molecule has 0 aliphatic carbocycles. The van der Waals surface area contributed by atoms with Crippen LogP contribution in [-0.2, 0) is 14.8 Å². The first kappa shape index (κ1) is 17.4. The van der Waals surface area contributed by atoms with Crippen molar-refractivity contribution in [3.05, 3.63) is 23.8 Å². The molecule has 0 saturated heterocycles. The van der Waals surface area contributed by atoms with E-state index in [0.29, 0.717) is 19.7 Å². The summed E-state index contributed by atoms with van der Waals surface area (Å²) in [6.45, 7) is 3.14. The monoisotopic (exact) mass is 316 g/mol. The van der Waals surface area contributed by atoms with Crippen molar-refractivity contribution in [2.24, 2.45) is 5.14 Å². The highest BCUT2D eigenvalue weighted by Gasteiger charge is 2.20. The maximum atomic E-state index is 12.4. The number of likely N-dealkylation sites (N-methyl/N-ethyl adjacent to an activating group) is 1. The Kier molecular flexibility index (Phi) is 6.13. The summed E-state index contributed by atoms with van der Waals surface area (Å²) in [7, 11) is -1.09. The number of ether oxygens (including phenoxy) is 2. The number of methoxy groups -OCH3 is 2. The summed E-state index contributed by atoms with van der Waals surface area (Å²) in [6.07, 6.45) is 0. The van der Waals surface area contributed by atoms with Crippen molar-refractivity contribution >= 4 is 15.9 Å². The number of amides is 1. The van der Waals surface area contributed by atoms with E-state index in [-0.39, 0.29) is 22.1 Å². The molecule has 1 aromatic rings. The Balaban J connectivity index is 3.16. The summed E-state index contributed by atoms with van der Waals surface area (Å²) >= 11 is 0. The Bertz CT molecular complexity index is 601. The van der Waals surface area contributed by atoms with Gasteiger partial charge in [-0.3, -0.25) is 4.79 Å². The van der Waals surface area contributed by atoms with E-state index in [1.165, 1.54) is 25.3 Å². The molecule has 2 N–H and O–H groups in total. The van der Waals surface area contributed by atoms with E-state index >= 15 is 0 Å². The second-order valence-corrected chi connectivity index (χ2v) is 5.82. The highest BCUT2D eigenvalue weighted by atomic mass is 32.2. The zero-order valence-corrected chi connectivity index (χ0v) is 13.1. The molecular weight excluding hydrogens is 296 g/mol. The highest BCUT2D eigenvalue weighted by molar-refractivity contribution is 7.89. The first-order valence-electron chi connectivity index (χ1n) is 6.34. The minimum Gasteiger partial charge on any atom is -0.495 e. The van der Waals surface area contributed by atoms with Crippen LogP contribution in [0.15, 0.2) is 23.1 Å². The largest absolute Gasteiger partial charge is 0.495 e. The Morgan fingerprint density at radius 3 is 2.48 bits per heavy atom. The lowest BCUT2D eigenvalue weighted by Crippen LogP contribution is -2.33. The zero-order valence-electron chi connectivity index (χ0n) is 12.3. The van der Waals surface area contributed by atoms with Crippen LogP contribution >= 0.6 is 0 Å². The van der Waals surface area contributed by atoms with Crippen LogP contribution in [-0.4, -0.2) is 53.1 Å². The van der Waals surface area contributed by atoms with Gasteiger partial charge in [0, 0.05) is 25.8 Å². The molecule has 7 nitrogen and oxygen atoms in total. The Morgan fingerprint density at radius 1 is 1.33 bits per heavy atom. The molecule has 0 radical (unpaired) electrons. The molecule has 0 heterocycles. The SMILES string of the molecule is CCN(CCOC)C(=O)c1ccc(OC)c(S(N)(=O)=O)c1. The van der Waals surface area contributed by atoms with Gasteiger partial charge in [0.1, 0.15) is 10.6 Å². The molecule has 0 aliphatic heterocycles. The Hall–Kier alpha value is -1.64. The zero-order chi connectivity index (χ0) is 16.0. The maximum Gasteiger partial charge on any atom is 0.253 e. The van der Waals surface area contributed by atoms with Gasteiger partial charge in [0.15, 0.2) is 0 Å². The molecule has 0 unspecified atom stereocenters. The van der Waals surface area contributed by atoms with Gasteiger partial charge in [0.25, 0.3) is 5.91 Å². The first-order valence-corrected chi connectivity index (χ1v) is 7.88. The van der Waals surface area contributed by atoms with Crippen LogP contribution in [0, 0.1) is 0 Å². The predicted octanol–water partition coefficient (Wildman–Crippen LogP) is 0.451. The van der Waals surface area contributed by atoms with Crippen molar-refractivity contribution in [3.63, 3.8) is 0 Å². The summed E-state index contributed by atoms with van der Waals surface area (Å²) in [5.74, 6) is -0.184. The maximum absolute atomic E-state index is 12.4. The number of benzene rings is 1. The van der Waals surface area contributed by atoms with Gasteiger partial charge in [-0.15, -0.1) is 0 Å². The van der Waals surface area contributed by atoms with E-state index in [4.69, 9.17) is 14.6 Å². The van der Waals surface area contributed by atoms with Gasteiger partial charge in [-0.25, -0.2) is 13.6 Å².